The number of amides is 1. The van der Waals surface area contributed by atoms with Gasteiger partial charge >= 0.3 is 0 Å². The van der Waals surface area contributed by atoms with Gasteiger partial charge in [0, 0.05) is 23.9 Å². The molecule has 0 radical (unpaired) electrons. The highest BCUT2D eigenvalue weighted by Gasteiger charge is 2.46. The Hall–Kier alpha value is -1.01. The molecule has 1 unspecified atom stereocenters. The lowest BCUT2D eigenvalue weighted by Crippen LogP contribution is -2.56. The molecular weight excluding hydrogens is 224 g/mol. The molecule has 5 nitrogen and oxygen atoms in total. The molecule has 1 atom stereocenters. The average molecular weight is 240 g/mol. The fourth-order valence-corrected chi connectivity index (χ4v) is 2.80. The van der Waals surface area contributed by atoms with E-state index in [1.807, 2.05) is 13.2 Å². The number of carbonyl (C=O) groups is 1. The highest BCUT2D eigenvalue weighted by molar-refractivity contribution is 7.99. The monoisotopic (exact) mass is 240 g/mol. The van der Waals surface area contributed by atoms with Gasteiger partial charge in [0.15, 0.2) is 0 Å². The van der Waals surface area contributed by atoms with Crippen molar-refractivity contribution in [1.29, 1.82) is 0 Å². The van der Waals surface area contributed by atoms with E-state index in [0.29, 0.717) is 5.75 Å². The number of hydrogen-bond donors (Lipinski definition) is 2. The van der Waals surface area contributed by atoms with Gasteiger partial charge in [0.05, 0.1) is 6.20 Å². The van der Waals surface area contributed by atoms with Crippen molar-refractivity contribution in [1.82, 2.24) is 9.78 Å². The summed E-state index contributed by atoms with van der Waals surface area (Å²) in [7, 11) is 1.86. The van der Waals surface area contributed by atoms with Crippen LogP contribution < -0.4 is 11.5 Å². The molecule has 1 aromatic rings. The SMILES string of the molecule is Cn1cc(SCC(N)(C(N)=O)C2CC2)cn1. The zero-order valence-electron chi connectivity index (χ0n) is 9.22. The van der Waals surface area contributed by atoms with E-state index in [-0.39, 0.29) is 5.92 Å². The number of rotatable bonds is 5. The molecule has 0 bridgehead atoms. The topological polar surface area (TPSA) is 86.9 Å². The van der Waals surface area contributed by atoms with Crippen LogP contribution in [0, 0.1) is 5.92 Å². The van der Waals surface area contributed by atoms with Crippen LogP contribution in [0.3, 0.4) is 0 Å². The maximum Gasteiger partial charge on any atom is 0.238 e. The highest BCUT2D eigenvalue weighted by Crippen LogP contribution is 2.40. The largest absolute Gasteiger partial charge is 0.368 e. The third-order valence-corrected chi connectivity index (χ3v) is 4.09. The third-order valence-electron chi connectivity index (χ3n) is 2.92. The van der Waals surface area contributed by atoms with Crippen LogP contribution >= 0.6 is 11.8 Å². The second-order valence-corrected chi connectivity index (χ2v) is 5.37. The molecule has 0 aliphatic heterocycles. The number of carbonyl (C=O) groups excluding carboxylic acids is 1. The lowest BCUT2D eigenvalue weighted by molar-refractivity contribution is -0.123. The van der Waals surface area contributed by atoms with E-state index in [0.717, 1.165) is 17.7 Å². The quantitative estimate of drug-likeness (QED) is 0.715. The van der Waals surface area contributed by atoms with Gasteiger partial charge in [0.2, 0.25) is 5.91 Å². The Morgan fingerprint density at radius 2 is 2.44 bits per heavy atom. The lowest BCUT2D eigenvalue weighted by Gasteiger charge is -2.24. The number of aromatic nitrogens is 2. The molecular formula is C10H16N4OS. The van der Waals surface area contributed by atoms with Gasteiger partial charge in [-0.25, -0.2) is 0 Å². The minimum Gasteiger partial charge on any atom is -0.368 e. The van der Waals surface area contributed by atoms with E-state index in [4.69, 9.17) is 11.5 Å². The summed E-state index contributed by atoms with van der Waals surface area (Å²) in [4.78, 5) is 12.4. The van der Waals surface area contributed by atoms with E-state index < -0.39 is 11.4 Å². The van der Waals surface area contributed by atoms with Crippen molar-refractivity contribution in [2.24, 2.45) is 24.4 Å². The smallest absolute Gasteiger partial charge is 0.238 e. The first kappa shape index (κ1) is 11.5. The summed E-state index contributed by atoms with van der Waals surface area (Å²) in [6, 6.07) is 0. The first-order valence-electron chi connectivity index (χ1n) is 5.22. The summed E-state index contributed by atoms with van der Waals surface area (Å²) in [6.07, 6.45) is 5.68. The maximum absolute atomic E-state index is 11.4. The highest BCUT2D eigenvalue weighted by atomic mass is 32.2. The van der Waals surface area contributed by atoms with Crippen LogP contribution in [-0.2, 0) is 11.8 Å². The summed E-state index contributed by atoms with van der Waals surface area (Å²) in [6.45, 7) is 0. The normalized spacial score (nSPS) is 19.4. The van der Waals surface area contributed by atoms with Crippen molar-refractivity contribution in [2.45, 2.75) is 23.3 Å². The summed E-state index contributed by atoms with van der Waals surface area (Å²) < 4.78 is 1.72. The predicted octanol–water partition coefficient (Wildman–Crippen LogP) is 0.105. The Kier molecular flexibility index (Phi) is 2.94. The second-order valence-electron chi connectivity index (χ2n) is 4.32. The summed E-state index contributed by atoms with van der Waals surface area (Å²) >= 11 is 1.54. The Labute approximate surface area is 98.6 Å². The van der Waals surface area contributed by atoms with Crippen LogP contribution in [0.1, 0.15) is 12.8 Å². The summed E-state index contributed by atoms with van der Waals surface area (Å²) in [5, 5.41) is 4.06. The molecule has 6 heteroatoms. The van der Waals surface area contributed by atoms with Crippen LogP contribution in [0.15, 0.2) is 17.3 Å². The second kappa shape index (κ2) is 4.10. The van der Waals surface area contributed by atoms with Gasteiger partial charge in [-0.3, -0.25) is 9.48 Å². The first-order chi connectivity index (χ1) is 7.52. The van der Waals surface area contributed by atoms with Gasteiger partial charge in [-0.05, 0) is 18.8 Å². The van der Waals surface area contributed by atoms with Crippen molar-refractivity contribution in [2.75, 3.05) is 5.75 Å². The molecule has 0 spiro atoms. The molecule has 1 heterocycles. The van der Waals surface area contributed by atoms with Gasteiger partial charge in [-0.15, -0.1) is 11.8 Å². The van der Waals surface area contributed by atoms with Crippen molar-refractivity contribution < 1.29 is 4.79 Å². The first-order valence-corrected chi connectivity index (χ1v) is 6.21. The van der Waals surface area contributed by atoms with Crippen LogP contribution in [0.2, 0.25) is 0 Å². The molecule has 0 saturated heterocycles. The van der Waals surface area contributed by atoms with Crippen molar-refractivity contribution in [3.05, 3.63) is 12.4 Å². The standard InChI is InChI=1S/C10H16N4OS/c1-14-5-8(4-13-14)16-6-10(12,9(11)15)7-2-3-7/h4-5,7H,2-3,6,12H2,1H3,(H2,11,15). The van der Waals surface area contributed by atoms with Crippen LogP contribution in [-0.4, -0.2) is 27.0 Å². The zero-order valence-corrected chi connectivity index (χ0v) is 10.0. The molecule has 4 N–H and O–H groups in total. The van der Waals surface area contributed by atoms with E-state index in [2.05, 4.69) is 5.10 Å². The van der Waals surface area contributed by atoms with Crippen molar-refractivity contribution in [3.63, 3.8) is 0 Å². The molecule has 1 aromatic heterocycles. The van der Waals surface area contributed by atoms with Crippen LogP contribution in [0.4, 0.5) is 0 Å². The molecule has 1 amide bonds. The number of primary amides is 1. The van der Waals surface area contributed by atoms with E-state index >= 15 is 0 Å². The molecule has 16 heavy (non-hydrogen) atoms. The number of nitrogens with zero attached hydrogens (tertiary/aromatic N) is 2. The van der Waals surface area contributed by atoms with Gasteiger partial charge in [-0.1, -0.05) is 0 Å². The molecule has 1 aliphatic carbocycles. The number of thioether (sulfide) groups is 1. The molecule has 1 fully saturated rings. The van der Waals surface area contributed by atoms with E-state index in [9.17, 15) is 4.79 Å². The van der Waals surface area contributed by atoms with Gasteiger partial charge in [0.1, 0.15) is 5.54 Å². The maximum atomic E-state index is 11.4. The third kappa shape index (κ3) is 2.22. The predicted molar refractivity (Wildman–Crippen MR) is 62.8 cm³/mol. The number of aryl methyl sites for hydroxylation is 1. The summed E-state index contributed by atoms with van der Waals surface area (Å²) in [5.41, 5.74) is 10.6. The Balaban J connectivity index is 1.99. The molecule has 2 rings (SSSR count). The molecule has 1 aliphatic rings. The summed E-state index contributed by atoms with van der Waals surface area (Å²) in [5.74, 6) is 0.388. The minimum atomic E-state index is -0.861. The zero-order chi connectivity index (χ0) is 11.8. The fraction of sp³-hybridized carbons (Fsp3) is 0.600. The molecule has 88 valence electrons. The Morgan fingerprint density at radius 1 is 1.75 bits per heavy atom. The van der Waals surface area contributed by atoms with Crippen molar-refractivity contribution >= 4 is 17.7 Å². The van der Waals surface area contributed by atoms with Crippen LogP contribution in [0.5, 0.6) is 0 Å². The Bertz CT molecular complexity index is 401. The van der Waals surface area contributed by atoms with Gasteiger partial charge in [0.25, 0.3) is 0 Å². The fourth-order valence-electron chi connectivity index (χ4n) is 1.66. The van der Waals surface area contributed by atoms with E-state index in [1.54, 1.807) is 10.9 Å². The van der Waals surface area contributed by atoms with Crippen LogP contribution in [0.25, 0.3) is 0 Å². The minimum absolute atomic E-state index is 0.258. The average Bonchev–Trinajstić information content (AvgIpc) is 2.99. The lowest BCUT2D eigenvalue weighted by atomic mass is 9.96. The molecule has 1 saturated carbocycles. The van der Waals surface area contributed by atoms with Gasteiger partial charge in [-0.2, -0.15) is 5.10 Å². The van der Waals surface area contributed by atoms with E-state index in [1.165, 1.54) is 11.8 Å². The number of hydrogen-bond acceptors (Lipinski definition) is 4. The molecule has 0 aromatic carbocycles. The number of nitrogens with two attached hydrogens (primary N) is 2. The Morgan fingerprint density at radius 3 is 2.88 bits per heavy atom. The van der Waals surface area contributed by atoms with Gasteiger partial charge < -0.3 is 11.5 Å². The van der Waals surface area contributed by atoms with Crippen molar-refractivity contribution in [3.8, 4) is 0 Å².